The van der Waals surface area contributed by atoms with Gasteiger partial charge in [0, 0.05) is 12.4 Å². The number of nitrogens with one attached hydrogen (secondary N) is 1. The van der Waals surface area contributed by atoms with Crippen molar-refractivity contribution < 1.29 is 14.3 Å². The number of hydrogen-bond donors (Lipinski definition) is 1. The van der Waals surface area contributed by atoms with E-state index >= 15 is 0 Å². The Bertz CT molecular complexity index is 591. The molecular weight excluding hydrogens is 294 g/mol. The molecule has 0 aliphatic heterocycles. The first kappa shape index (κ1) is 17.0. The Kier molecular flexibility index (Phi) is 5.76. The maximum atomic E-state index is 12.0. The monoisotopic (exact) mass is 317 g/mol. The van der Waals surface area contributed by atoms with Crippen LogP contribution < -0.4 is 5.32 Å². The topological polar surface area (TPSA) is 65.4 Å². The standard InChI is InChI=1S/C17H23N3O3/c1-17(2,3)23-16(21)19-15(20-11-7-10-18-20)13-22-12-14-8-5-4-6-9-14/h4-11,15H,12-13H2,1-3H3,(H,19,21). The highest BCUT2D eigenvalue weighted by atomic mass is 16.6. The van der Waals surface area contributed by atoms with Gasteiger partial charge in [-0.25, -0.2) is 9.48 Å². The summed E-state index contributed by atoms with van der Waals surface area (Å²) in [6.45, 7) is 6.22. The van der Waals surface area contributed by atoms with E-state index in [4.69, 9.17) is 9.47 Å². The number of ether oxygens (including phenoxy) is 2. The molecule has 1 heterocycles. The number of carbonyl (C=O) groups is 1. The molecule has 23 heavy (non-hydrogen) atoms. The van der Waals surface area contributed by atoms with Gasteiger partial charge < -0.3 is 9.47 Å². The highest BCUT2D eigenvalue weighted by Crippen LogP contribution is 2.10. The number of aromatic nitrogens is 2. The number of rotatable bonds is 6. The maximum Gasteiger partial charge on any atom is 0.409 e. The molecule has 0 aliphatic carbocycles. The second-order valence-corrected chi connectivity index (χ2v) is 6.15. The molecule has 0 spiro atoms. The fourth-order valence-electron chi connectivity index (χ4n) is 1.96. The highest BCUT2D eigenvalue weighted by molar-refractivity contribution is 5.67. The second kappa shape index (κ2) is 7.78. The van der Waals surface area contributed by atoms with Crippen LogP contribution in [-0.4, -0.2) is 28.1 Å². The molecule has 2 rings (SSSR count). The first-order valence-corrected chi connectivity index (χ1v) is 7.54. The van der Waals surface area contributed by atoms with E-state index in [0.29, 0.717) is 6.61 Å². The number of nitrogens with zero attached hydrogens (tertiary/aromatic N) is 2. The van der Waals surface area contributed by atoms with Crippen molar-refractivity contribution >= 4 is 6.09 Å². The molecule has 1 N–H and O–H groups in total. The Morgan fingerprint density at radius 1 is 1.26 bits per heavy atom. The lowest BCUT2D eigenvalue weighted by molar-refractivity contribution is 0.0340. The number of alkyl carbamates (subject to hydrolysis) is 1. The van der Waals surface area contributed by atoms with Crippen molar-refractivity contribution in [3.63, 3.8) is 0 Å². The molecule has 1 unspecified atom stereocenters. The van der Waals surface area contributed by atoms with Crippen LogP contribution in [-0.2, 0) is 16.1 Å². The smallest absolute Gasteiger partial charge is 0.409 e. The van der Waals surface area contributed by atoms with E-state index in [-0.39, 0.29) is 6.61 Å². The van der Waals surface area contributed by atoms with Crippen molar-refractivity contribution in [2.75, 3.05) is 6.61 Å². The summed E-state index contributed by atoms with van der Waals surface area (Å²) in [5.41, 5.74) is 0.521. The minimum atomic E-state index is -0.552. The van der Waals surface area contributed by atoms with E-state index in [1.54, 1.807) is 23.1 Å². The van der Waals surface area contributed by atoms with Crippen molar-refractivity contribution in [3.8, 4) is 0 Å². The van der Waals surface area contributed by atoms with Crippen LogP contribution in [0.15, 0.2) is 48.8 Å². The predicted octanol–water partition coefficient (Wildman–Crippen LogP) is 3.12. The molecule has 0 bridgehead atoms. The lowest BCUT2D eigenvalue weighted by atomic mass is 10.2. The first-order valence-electron chi connectivity index (χ1n) is 7.54. The molecule has 6 heteroatoms. The molecular formula is C17H23N3O3. The van der Waals surface area contributed by atoms with Gasteiger partial charge in [0.15, 0.2) is 0 Å². The van der Waals surface area contributed by atoms with Crippen LogP contribution in [0.3, 0.4) is 0 Å². The summed E-state index contributed by atoms with van der Waals surface area (Å²) in [6, 6.07) is 11.7. The average Bonchev–Trinajstić information content (AvgIpc) is 2.99. The summed E-state index contributed by atoms with van der Waals surface area (Å²) in [4.78, 5) is 12.0. The molecule has 2 aromatic rings. The van der Waals surface area contributed by atoms with Crippen LogP contribution in [0, 0.1) is 0 Å². The van der Waals surface area contributed by atoms with Crippen LogP contribution in [0.5, 0.6) is 0 Å². The zero-order valence-corrected chi connectivity index (χ0v) is 13.7. The molecule has 1 atom stereocenters. The van der Waals surface area contributed by atoms with E-state index in [9.17, 15) is 4.79 Å². The summed E-state index contributed by atoms with van der Waals surface area (Å²) >= 11 is 0. The highest BCUT2D eigenvalue weighted by Gasteiger charge is 2.20. The van der Waals surface area contributed by atoms with Crippen molar-refractivity contribution in [1.29, 1.82) is 0 Å². The van der Waals surface area contributed by atoms with E-state index in [1.165, 1.54) is 0 Å². The Balaban J connectivity index is 1.91. The zero-order chi connectivity index (χ0) is 16.7. The normalized spacial score (nSPS) is 12.7. The average molecular weight is 317 g/mol. The molecule has 1 aromatic heterocycles. The molecule has 0 saturated heterocycles. The molecule has 1 aromatic carbocycles. The quantitative estimate of drug-likeness (QED) is 0.889. The van der Waals surface area contributed by atoms with E-state index in [0.717, 1.165) is 5.56 Å². The van der Waals surface area contributed by atoms with Crippen molar-refractivity contribution in [1.82, 2.24) is 15.1 Å². The molecule has 124 valence electrons. The van der Waals surface area contributed by atoms with Gasteiger partial charge in [0.1, 0.15) is 11.8 Å². The van der Waals surface area contributed by atoms with Crippen LogP contribution >= 0.6 is 0 Å². The second-order valence-electron chi connectivity index (χ2n) is 6.15. The van der Waals surface area contributed by atoms with Crippen LogP contribution in [0.1, 0.15) is 32.5 Å². The molecule has 6 nitrogen and oxygen atoms in total. The van der Waals surface area contributed by atoms with Crippen molar-refractivity contribution in [3.05, 3.63) is 54.4 Å². The fourth-order valence-corrected chi connectivity index (χ4v) is 1.96. The minimum Gasteiger partial charge on any atom is -0.444 e. The Labute approximate surface area is 136 Å². The number of amides is 1. The third-order valence-electron chi connectivity index (χ3n) is 2.91. The lowest BCUT2D eigenvalue weighted by Crippen LogP contribution is -2.39. The minimum absolute atomic E-state index is 0.288. The zero-order valence-electron chi connectivity index (χ0n) is 13.7. The SMILES string of the molecule is CC(C)(C)OC(=O)NC(COCc1ccccc1)n1cccn1. The fraction of sp³-hybridized carbons (Fsp3) is 0.412. The first-order chi connectivity index (χ1) is 10.9. The third kappa shape index (κ3) is 6.12. The van der Waals surface area contributed by atoms with Crippen LogP contribution in [0.2, 0.25) is 0 Å². The number of benzene rings is 1. The van der Waals surface area contributed by atoms with E-state index in [2.05, 4.69) is 10.4 Å². The van der Waals surface area contributed by atoms with Crippen molar-refractivity contribution in [2.24, 2.45) is 0 Å². The number of carbonyl (C=O) groups excluding carboxylic acids is 1. The Morgan fingerprint density at radius 3 is 2.61 bits per heavy atom. The van der Waals surface area contributed by atoms with E-state index in [1.807, 2.05) is 51.1 Å². The van der Waals surface area contributed by atoms with Gasteiger partial charge in [-0.3, -0.25) is 5.32 Å². The summed E-state index contributed by atoms with van der Waals surface area (Å²) in [5, 5.41) is 6.93. The lowest BCUT2D eigenvalue weighted by Gasteiger charge is -2.24. The molecule has 0 fully saturated rings. The van der Waals surface area contributed by atoms with Gasteiger partial charge in [0.05, 0.1) is 13.2 Å². The largest absolute Gasteiger partial charge is 0.444 e. The van der Waals surface area contributed by atoms with Crippen molar-refractivity contribution in [2.45, 2.75) is 39.1 Å². The molecule has 0 saturated carbocycles. The third-order valence-corrected chi connectivity index (χ3v) is 2.91. The summed E-state index contributed by atoms with van der Waals surface area (Å²) in [7, 11) is 0. The van der Waals surface area contributed by atoms with Crippen LogP contribution in [0.25, 0.3) is 0 Å². The van der Waals surface area contributed by atoms with Gasteiger partial charge in [-0.2, -0.15) is 5.10 Å². The molecule has 1 amide bonds. The summed E-state index contributed by atoms with van der Waals surface area (Å²) in [6.07, 6.45) is 2.50. The Hall–Kier alpha value is -2.34. The van der Waals surface area contributed by atoms with Gasteiger partial charge in [-0.15, -0.1) is 0 Å². The predicted molar refractivity (Wildman–Crippen MR) is 86.7 cm³/mol. The van der Waals surface area contributed by atoms with Gasteiger partial charge in [0.2, 0.25) is 0 Å². The van der Waals surface area contributed by atoms with Gasteiger partial charge in [-0.1, -0.05) is 30.3 Å². The van der Waals surface area contributed by atoms with Gasteiger partial charge >= 0.3 is 6.09 Å². The number of hydrogen-bond acceptors (Lipinski definition) is 4. The van der Waals surface area contributed by atoms with E-state index < -0.39 is 17.9 Å². The summed E-state index contributed by atoms with van der Waals surface area (Å²) in [5.74, 6) is 0. The molecule has 0 aliphatic rings. The molecule has 0 radical (unpaired) electrons. The Morgan fingerprint density at radius 2 is 2.00 bits per heavy atom. The maximum absolute atomic E-state index is 12.0. The van der Waals surface area contributed by atoms with Gasteiger partial charge in [0.25, 0.3) is 0 Å². The summed E-state index contributed by atoms with van der Waals surface area (Å²) < 4.78 is 12.6. The van der Waals surface area contributed by atoms with Gasteiger partial charge in [-0.05, 0) is 32.4 Å². The van der Waals surface area contributed by atoms with Crippen LogP contribution in [0.4, 0.5) is 4.79 Å².